The van der Waals surface area contributed by atoms with Gasteiger partial charge in [-0.3, -0.25) is 0 Å². The summed E-state index contributed by atoms with van der Waals surface area (Å²) in [6.07, 6.45) is 3.59. The number of hydrogen-bond acceptors (Lipinski definition) is 3. The molecule has 1 aliphatic heterocycles. The molecular formula is C16H38N2OSi2. The average Bonchev–Trinajstić information content (AvgIpc) is 2.64. The van der Waals surface area contributed by atoms with E-state index in [4.69, 9.17) is 15.6 Å². The third kappa shape index (κ3) is 4.41. The van der Waals surface area contributed by atoms with Crippen molar-refractivity contribution in [3.63, 3.8) is 0 Å². The fraction of sp³-hybridized carbons (Fsp3) is 1.00. The summed E-state index contributed by atoms with van der Waals surface area (Å²) >= 11 is 0. The minimum Gasteiger partial charge on any atom is -0.455 e. The maximum atomic E-state index is 7.13. The highest BCUT2D eigenvalue weighted by molar-refractivity contribution is 6.87. The van der Waals surface area contributed by atoms with Crippen LogP contribution in [0, 0.1) is 5.41 Å². The lowest BCUT2D eigenvalue weighted by Crippen LogP contribution is -2.49. The molecule has 21 heavy (non-hydrogen) atoms. The molecule has 0 unspecified atom stereocenters. The van der Waals surface area contributed by atoms with Crippen LogP contribution in [0.3, 0.4) is 0 Å². The molecule has 0 radical (unpaired) electrons. The lowest BCUT2D eigenvalue weighted by molar-refractivity contribution is 0.264. The first kappa shape index (κ1) is 19.4. The molecule has 4 N–H and O–H groups in total. The van der Waals surface area contributed by atoms with Crippen molar-refractivity contribution in [2.75, 3.05) is 13.1 Å². The Bertz CT molecular complexity index is 299. The Balaban J connectivity index is 3.17. The van der Waals surface area contributed by atoms with Gasteiger partial charge in [0.05, 0.1) is 0 Å². The van der Waals surface area contributed by atoms with Gasteiger partial charge in [-0.05, 0) is 74.0 Å². The highest BCUT2D eigenvalue weighted by Crippen LogP contribution is 2.49. The summed E-state index contributed by atoms with van der Waals surface area (Å²) in [5, 5.41) is 0. The van der Waals surface area contributed by atoms with Crippen LogP contribution in [0.5, 0.6) is 0 Å². The topological polar surface area (TPSA) is 61.3 Å². The molecule has 0 aromatic carbocycles. The molecule has 0 aromatic heterocycles. The van der Waals surface area contributed by atoms with Crippen LogP contribution in [0.4, 0.5) is 0 Å². The normalized spacial score (nSPS) is 23.7. The van der Waals surface area contributed by atoms with Gasteiger partial charge in [0.25, 0.3) is 0 Å². The zero-order valence-electron chi connectivity index (χ0n) is 14.8. The third-order valence-electron chi connectivity index (χ3n) is 6.17. The first-order valence-electron chi connectivity index (χ1n) is 9.09. The largest absolute Gasteiger partial charge is 0.455 e. The van der Waals surface area contributed by atoms with Gasteiger partial charge in [0.15, 0.2) is 16.6 Å². The van der Waals surface area contributed by atoms with Crippen LogP contribution in [0.2, 0.25) is 36.3 Å². The Labute approximate surface area is 134 Å². The fourth-order valence-electron chi connectivity index (χ4n) is 4.37. The minimum absolute atomic E-state index is 0.376. The van der Waals surface area contributed by atoms with E-state index in [0.29, 0.717) is 5.41 Å². The van der Waals surface area contributed by atoms with Gasteiger partial charge in [-0.2, -0.15) is 0 Å². The molecule has 0 atom stereocenters. The number of rotatable bonds is 8. The van der Waals surface area contributed by atoms with E-state index in [1.165, 1.54) is 42.7 Å². The highest BCUT2D eigenvalue weighted by atomic mass is 28.4. The van der Waals surface area contributed by atoms with Crippen LogP contribution < -0.4 is 11.5 Å². The standard InChI is InChI=1S/C16H38N2OSi2/c1-5-20(6-2)14-11-16(9-12-17,10-13-18)15-21(7-3,8-4)19-20/h5-15,17-18H2,1-4H3. The summed E-state index contributed by atoms with van der Waals surface area (Å²) in [7, 11) is -3.14. The Morgan fingerprint density at radius 3 is 1.71 bits per heavy atom. The van der Waals surface area contributed by atoms with E-state index in [1.807, 2.05) is 0 Å². The second-order valence-corrected chi connectivity index (χ2v) is 16.4. The molecule has 0 aromatic rings. The van der Waals surface area contributed by atoms with Crippen molar-refractivity contribution in [3.05, 3.63) is 0 Å². The summed E-state index contributed by atoms with van der Waals surface area (Å²) in [5.41, 5.74) is 12.3. The van der Waals surface area contributed by atoms with Gasteiger partial charge in [0.2, 0.25) is 0 Å². The van der Waals surface area contributed by atoms with E-state index in [2.05, 4.69) is 27.7 Å². The summed E-state index contributed by atoms with van der Waals surface area (Å²) in [6.45, 7) is 11.0. The smallest absolute Gasteiger partial charge is 0.179 e. The van der Waals surface area contributed by atoms with Gasteiger partial charge in [-0.1, -0.05) is 27.7 Å². The molecule has 0 saturated carbocycles. The highest BCUT2D eigenvalue weighted by Gasteiger charge is 2.50. The zero-order chi connectivity index (χ0) is 16.0. The van der Waals surface area contributed by atoms with Gasteiger partial charge in [-0.15, -0.1) is 0 Å². The quantitative estimate of drug-likeness (QED) is 0.660. The van der Waals surface area contributed by atoms with Crippen LogP contribution >= 0.6 is 0 Å². The average molecular weight is 331 g/mol. The van der Waals surface area contributed by atoms with Crippen molar-refractivity contribution >= 4 is 16.6 Å². The molecule has 5 heteroatoms. The molecule has 0 amide bonds. The SMILES string of the molecule is CC[Si]1(CC)CCC(CCN)(CCN)C[Si](CC)(CC)O1. The maximum absolute atomic E-state index is 7.13. The molecule has 0 spiro atoms. The van der Waals surface area contributed by atoms with Crippen LogP contribution in [-0.4, -0.2) is 29.7 Å². The number of nitrogens with two attached hydrogens (primary N) is 2. The molecule has 1 heterocycles. The maximum Gasteiger partial charge on any atom is 0.179 e. The lowest BCUT2D eigenvalue weighted by atomic mass is 9.80. The predicted octanol–water partition coefficient (Wildman–Crippen LogP) is 4.06. The molecule has 1 fully saturated rings. The third-order valence-corrected chi connectivity index (χ3v) is 17.3. The van der Waals surface area contributed by atoms with E-state index in [1.54, 1.807) is 0 Å². The van der Waals surface area contributed by atoms with Gasteiger partial charge in [0.1, 0.15) is 0 Å². The van der Waals surface area contributed by atoms with E-state index in [-0.39, 0.29) is 0 Å². The van der Waals surface area contributed by atoms with Gasteiger partial charge in [-0.25, -0.2) is 0 Å². The Morgan fingerprint density at radius 2 is 1.33 bits per heavy atom. The summed E-state index contributed by atoms with van der Waals surface area (Å²) in [4.78, 5) is 0. The number of hydrogen-bond donors (Lipinski definition) is 2. The molecule has 1 rings (SSSR count). The van der Waals surface area contributed by atoms with E-state index >= 15 is 0 Å². The second-order valence-electron chi connectivity index (χ2n) is 7.14. The monoisotopic (exact) mass is 330 g/mol. The van der Waals surface area contributed by atoms with E-state index in [9.17, 15) is 0 Å². The summed E-state index contributed by atoms with van der Waals surface area (Å²) in [5.74, 6) is 0. The Hall–Kier alpha value is 0.314. The van der Waals surface area contributed by atoms with Crippen LogP contribution in [0.1, 0.15) is 47.0 Å². The fourth-order valence-corrected chi connectivity index (χ4v) is 16.1. The Morgan fingerprint density at radius 1 is 0.857 bits per heavy atom. The van der Waals surface area contributed by atoms with Gasteiger partial charge < -0.3 is 15.6 Å². The van der Waals surface area contributed by atoms with Crippen LogP contribution in [0.25, 0.3) is 0 Å². The molecule has 1 saturated heterocycles. The van der Waals surface area contributed by atoms with Crippen molar-refractivity contribution in [1.82, 2.24) is 0 Å². The first-order chi connectivity index (χ1) is 9.99. The van der Waals surface area contributed by atoms with E-state index in [0.717, 1.165) is 25.9 Å². The van der Waals surface area contributed by atoms with Crippen LogP contribution in [-0.2, 0) is 4.12 Å². The predicted molar refractivity (Wildman–Crippen MR) is 98.5 cm³/mol. The Kier molecular flexibility index (Phi) is 7.60. The zero-order valence-corrected chi connectivity index (χ0v) is 16.8. The second kappa shape index (κ2) is 8.25. The molecule has 0 aliphatic carbocycles. The molecule has 3 nitrogen and oxygen atoms in total. The molecular weight excluding hydrogens is 292 g/mol. The lowest BCUT2D eigenvalue weighted by Gasteiger charge is -2.41. The van der Waals surface area contributed by atoms with Crippen molar-refractivity contribution in [1.29, 1.82) is 0 Å². The molecule has 126 valence electrons. The summed E-state index contributed by atoms with van der Waals surface area (Å²) in [6, 6.07) is 7.70. The van der Waals surface area contributed by atoms with Crippen molar-refractivity contribution in [3.8, 4) is 0 Å². The first-order valence-corrected chi connectivity index (χ1v) is 14.1. The molecule has 1 aliphatic rings. The van der Waals surface area contributed by atoms with Gasteiger partial charge >= 0.3 is 0 Å². The van der Waals surface area contributed by atoms with E-state index < -0.39 is 16.6 Å². The van der Waals surface area contributed by atoms with Crippen molar-refractivity contribution in [2.45, 2.75) is 83.2 Å². The molecule has 0 bridgehead atoms. The van der Waals surface area contributed by atoms with Crippen molar-refractivity contribution in [2.24, 2.45) is 16.9 Å². The van der Waals surface area contributed by atoms with Crippen molar-refractivity contribution < 1.29 is 4.12 Å². The van der Waals surface area contributed by atoms with Gasteiger partial charge in [0, 0.05) is 0 Å². The van der Waals surface area contributed by atoms with Crippen LogP contribution in [0.15, 0.2) is 0 Å². The summed E-state index contributed by atoms with van der Waals surface area (Å²) < 4.78 is 7.13. The minimum atomic E-state index is -1.62.